The predicted molar refractivity (Wildman–Crippen MR) is 129 cm³/mol. The largest absolute Gasteiger partial charge is 0.465 e. The number of benzene rings is 2. The molecule has 7 nitrogen and oxygen atoms in total. The molecule has 3 aromatic rings. The Morgan fingerprint density at radius 1 is 1.09 bits per heavy atom. The average molecular weight is 449 g/mol. The Balaban J connectivity index is 1.50. The van der Waals surface area contributed by atoms with Crippen molar-refractivity contribution in [1.29, 1.82) is 0 Å². The molecule has 1 saturated heterocycles. The highest BCUT2D eigenvalue weighted by Crippen LogP contribution is 2.36. The summed E-state index contributed by atoms with van der Waals surface area (Å²) >= 11 is 0. The number of carbonyl (C=O) groups is 1. The lowest BCUT2D eigenvalue weighted by atomic mass is 9.96. The minimum atomic E-state index is -0.890. The maximum atomic E-state index is 12.0. The molecule has 0 aliphatic carbocycles. The van der Waals surface area contributed by atoms with Crippen molar-refractivity contribution in [2.75, 3.05) is 37.7 Å². The smallest absolute Gasteiger partial charge is 0.412 e. The van der Waals surface area contributed by atoms with Gasteiger partial charge in [0.15, 0.2) is 0 Å². The van der Waals surface area contributed by atoms with E-state index in [2.05, 4.69) is 39.8 Å². The van der Waals surface area contributed by atoms with Crippen LogP contribution in [-0.2, 0) is 30.5 Å². The Hall–Kier alpha value is -2.90. The third kappa shape index (κ3) is 4.48. The Bertz CT molecular complexity index is 1120. The number of anilines is 1. The van der Waals surface area contributed by atoms with Crippen molar-refractivity contribution in [3.8, 4) is 0 Å². The molecule has 174 valence electrons. The molecule has 2 aliphatic rings. The number of carboxylic acid groups (broad SMARTS) is 1. The van der Waals surface area contributed by atoms with Gasteiger partial charge in [0.1, 0.15) is 5.82 Å². The van der Waals surface area contributed by atoms with E-state index in [4.69, 9.17) is 9.72 Å². The van der Waals surface area contributed by atoms with Crippen LogP contribution >= 0.6 is 0 Å². The van der Waals surface area contributed by atoms with Gasteiger partial charge in [-0.05, 0) is 43.9 Å². The lowest BCUT2D eigenvalue weighted by molar-refractivity contribution is 0.0364. The van der Waals surface area contributed by atoms with Gasteiger partial charge in [-0.25, -0.2) is 9.78 Å². The van der Waals surface area contributed by atoms with E-state index in [-0.39, 0.29) is 6.04 Å². The zero-order chi connectivity index (χ0) is 22.8. The fraction of sp³-hybridized carbons (Fsp3) is 0.462. The maximum Gasteiger partial charge on any atom is 0.412 e. The van der Waals surface area contributed by atoms with Crippen LogP contribution in [0, 0.1) is 0 Å². The molecule has 0 radical (unpaired) electrons. The van der Waals surface area contributed by atoms with Crippen molar-refractivity contribution in [3.05, 3.63) is 59.4 Å². The molecule has 2 aliphatic heterocycles. The summed E-state index contributed by atoms with van der Waals surface area (Å²) in [5, 5.41) is 9.81. The van der Waals surface area contributed by atoms with E-state index in [0.29, 0.717) is 0 Å². The monoisotopic (exact) mass is 448 g/mol. The van der Waals surface area contributed by atoms with Gasteiger partial charge < -0.3 is 14.4 Å². The van der Waals surface area contributed by atoms with Crippen molar-refractivity contribution in [3.63, 3.8) is 0 Å². The number of fused-ring (bicyclic) bond motifs is 3. The van der Waals surface area contributed by atoms with Gasteiger partial charge in [0.25, 0.3) is 0 Å². The van der Waals surface area contributed by atoms with E-state index in [1.165, 1.54) is 10.5 Å². The normalized spacial score (nSPS) is 19.1. The zero-order valence-electron chi connectivity index (χ0n) is 19.2. The van der Waals surface area contributed by atoms with Crippen molar-refractivity contribution in [2.45, 2.75) is 45.2 Å². The molecular weight excluding hydrogens is 416 g/mol. The summed E-state index contributed by atoms with van der Waals surface area (Å²) in [7, 11) is 0. The second-order valence-corrected chi connectivity index (χ2v) is 9.09. The molecule has 1 N–H and O–H groups in total. The number of nitrogens with zero attached hydrogens (tertiary/aromatic N) is 4. The number of aryl methyl sites for hydroxylation is 3. The highest BCUT2D eigenvalue weighted by atomic mass is 16.5. The third-order valence-corrected chi connectivity index (χ3v) is 7.02. The van der Waals surface area contributed by atoms with Crippen LogP contribution in [0.2, 0.25) is 0 Å². The minimum absolute atomic E-state index is 0.0200. The first-order chi connectivity index (χ1) is 16.1. The van der Waals surface area contributed by atoms with Crippen LogP contribution in [-0.4, -0.2) is 64.5 Å². The molecule has 0 unspecified atom stereocenters. The van der Waals surface area contributed by atoms with E-state index < -0.39 is 6.09 Å². The maximum absolute atomic E-state index is 12.0. The number of rotatable bonds is 6. The minimum Gasteiger partial charge on any atom is -0.465 e. The molecule has 1 atom stereocenters. The molecule has 3 heterocycles. The standard InChI is InChI=1S/C26H32N4O3/c1-19-7-9-21-22(30(19)26(31)32)10-11-23-25(21)27-24(12-8-20-5-3-2-4-6-20)29(23)14-13-28-15-17-33-18-16-28/h2-6,10-11,19H,7-9,12-18H2,1H3,(H,31,32)/t19-/m0/s1. The topological polar surface area (TPSA) is 70.8 Å². The summed E-state index contributed by atoms with van der Waals surface area (Å²) in [4.78, 5) is 21.0. The summed E-state index contributed by atoms with van der Waals surface area (Å²) in [6.07, 6.45) is 2.57. The van der Waals surface area contributed by atoms with Gasteiger partial charge >= 0.3 is 6.09 Å². The van der Waals surface area contributed by atoms with E-state index >= 15 is 0 Å². The second kappa shape index (κ2) is 9.53. The lowest BCUT2D eigenvalue weighted by Gasteiger charge is -2.33. The zero-order valence-corrected chi connectivity index (χ0v) is 19.2. The van der Waals surface area contributed by atoms with Crippen LogP contribution in [0.4, 0.5) is 10.5 Å². The highest BCUT2D eigenvalue weighted by molar-refractivity contribution is 5.94. The summed E-state index contributed by atoms with van der Waals surface area (Å²) in [5.41, 5.74) is 5.25. The molecule has 0 spiro atoms. The van der Waals surface area contributed by atoms with Gasteiger partial charge in [-0.3, -0.25) is 9.80 Å². The Labute approximate surface area is 194 Å². The van der Waals surface area contributed by atoms with Gasteiger partial charge in [0, 0.05) is 44.2 Å². The van der Waals surface area contributed by atoms with Crippen molar-refractivity contribution in [1.82, 2.24) is 14.5 Å². The SMILES string of the molecule is C[C@H]1CCc2c(ccc3c2nc(CCc2ccccc2)n3CCN2CCOCC2)N1C(=O)O. The number of ether oxygens (including phenoxy) is 1. The van der Waals surface area contributed by atoms with E-state index in [1.807, 2.05) is 19.1 Å². The third-order valence-electron chi connectivity index (χ3n) is 7.02. The first-order valence-electron chi connectivity index (χ1n) is 12.0. The number of hydrogen-bond donors (Lipinski definition) is 1. The molecule has 0 saturated carbocycles. The highest BCUT2D eigenvalue weighted by Gasteiger charge is 2.30. The van der Waals surface area contributed by atoms with Gasteiger partial charge in [-0.15, -0.1) is 0 Å². The second-order valence-electron chi connectivity index (χ2n) is 9.09. The Morgan fingerprint density at radius 2 is 1.88 bits per heavy atom. The van der Waals surface area contributed by atoms with E-state index in [0.717, 1.165) is 93.2 Å². The van der Waals surface area contributed by atoms with Crippen molar-refractivity contribution < 1.29 is 14.6 Å². The molecule has 5 rings (SSSR count). The van der Waals surface area contributed by atoms with E-state index in [9.17, 15) is 9.90 Å². The van der Waals surface area contributed by atoms with Gasteiger partial charge in [0.2, 0.25) is 0 Å². The molecular formula is C26H32N4O3. The van der Waals surface area contributed by atoms with Crippen LogP contribution in [0.25, 0.3) is 11.0 Å². The molecule has 1 fully saturated rings. The first-order valence-corrected chi connectivity index (χ1v) is 12.0. The summed E-state index contributed by atoms with van der Waals surface area (Å²) in [6.45, 7) is 7.33. The summed E-state index contributed by atoms with van der Waals surface area (Å²) in [6, 6.07) is 14.6. The van der Waals surface area contributed by atoms with Gasteiger partial charge in [-0.1, -0.05) is 30.3 Å². The van der Waals surface area contributed by atoms with Crippen LogP contribution in [0.1, 0.15) is 30.3 Å². The number of morpholine rings is 1. The van der Waals surface area contributed by atoms with Crippen LogP contribution in [0.15, 0.2) is 42.5 Å². The Kier molecular flexibility index (Phi) is 6.33. The van der Waals surface area contributed by atoms with Crippen LogP contribution in [0.5, 0.6) is 0 Å². The molecule has 33 heavy (non-hydrogen) atoms. The van der Waals surface area contributed by atoms with Crippen molar-refractivity contribution in [2.24, 2.45) is 0 Å². The lowest BCUT2D eigenvalue weighted by Crippen LogP contribution is -2.41. The number of aromatic nitrogens is 2. The number of imidazole rings is 1. The Morgan fingerprint density at radius 3 is 2.64 bits per heavy atom. The number of hydrogen-bond acceptors (Lipinski definition) is 4. The molecule has 2 aromatic carbocycles. The predicted octanol–water partition coefficient (Wildman–Crippen LogP) is 3.97. The molecule has 1 aromatic heterocycles. The average Bonchev–Trinajstić information content (AvgIpc) is 3.20. The first kappa shape index (κ1) is 21.9. The van der Waals surface area contributed by atoms with Gasteiger partial charge in [0.05, 0.1) is 29.9 Å². The van der Waals surface area contributed by atoms with Gasteiger partial charge in [-0.2, -0.15) is 0 Å². The summed E-state index contributed by atoms with van der Waals surface area (Å²) < 4.78 is 7.86. The molecule has 0 bridgehead atoms. The van der Waals surface area contributed by atoms with Crippen LogP contribution in [0.3, 0.4) is 0 Å². The quantitative estimate of drug-likeness (QED) is 0.618. The molecule has 1 amide bonds. The number of amides is 1. The van der Waals surface area contributed by atoms with Crippen molar-refractivity contribution >= 4 is 22.8 Å². The fourth-order valence-corrected chi connectivity index (χ4v) is 5.18. The summed E-state index contributed by atoms with van der Waals surface area (Å²) in [5.74, 6) is 1.08. The fourth-order valence-electron chi connectivity index (χ4n) is 5.18. The van der Waals surface area contributed by atoms with Crippen LogP contribution < -0.4 is 4.90 Å². The van der Waals surface area contributed by atoms with E-state index in [1.54, 1.807) is 0 Å². The molecule has 7 heteroatoms.